The Morgan fingerprint density at radius 2 is 1.88 bits per heavy atom. The highest BCUT2D eigenvalue weighted by atomic mass is 79.9. The highest BCUT2D eigenvalue weighted by Gasteiger charge is 1.93. The van der Waals surface area contributed by atoms with Gasteiger partial charge < -0.3 is 0 Å². The second-order valence-corrected chi connectivity index (χ2v) is 4.71. The monoisotopic (exact) mass is 288 g/mol. The Balaban J connectivity index is 2.06. The second kappa shape index (κ2) is 5.64. The summed E-state index contributed by atoms with van der Waals surface area (Å²) < 4.78 is 1.07. The van der Waals surface area contributed by atoms with Crippen LogP contribution in [0.2, 0.25) is 0 Å². The van der Waals surface area contributed by atoms with E-state index in [9.17, 15) is 0 Å². The van der Waals surface area contributed by atoms with Gasteiger partial charge in [-0.25, -0.2) is 0 Å². The van der Waals surface area contributed by atoms with Crippen LogP contribution in [0.1, 0.15) is 11.1 Å². The summed E-state index contributed by atoms with van der Waals surface area (Å²) in [6.45, 7) is 2.06. The molecule has 3 heteroatoms. The molecule has 0 aliphatic carbocycles. The molecule has 17 heavy (non-hydrogen) atoms. The first-order valence-electron chi connectivity index (χ1n) is 5.35. The molecule has 0 aliphatic rings. The van der Waals surface area contributed by atoms with E-state index in [2.05, 4.69) is 45.5 Å². The standard InChI is InChI=1S/C14H13BrN2/c1-11-7-12(9-13(15)8-11)10-16-17-14-5-3-2-4-6-14/h2-10,17H,1H3. The SMILES string of the molecule is Cc1cc(Br)cc(C=NNc2ccccc2)c1. The van der Waals surface area contributed by atoms with Gasteiger partial charge in [0.25, 0.3) is 0 Å². The number of rotatable bonds is 3. The van der Waals surface area contributed by atoms with Crippen molar-refractivity contribution in [2.45, 2.75) is 6.92 Å². The van der Waals surface area contributed by atoms with Gasteiger partial charge in [-0.3, -0.25) is 5.43 Å². The summed E-state index contributed by atoms with van der Waals surface area (Å²) in [4.78, 5) is 0. The van der Waals surface area contributed by atoms with Crippen molar-refractivity contribution in [2.24, 2.45) is 5.10 Å². The molecule has 2 aromatic rings. The summed E-state index contributed by atoms with van der Waals surface area (Å²) >= 11 is 3.47. The van der Waals surface area contributed by atoms with Gasteiger partial charge in [-0.15, -0.1) is 0 Å². The van der Waals surface area contributed by atoms with E-state index in [4.69, 9.17) is 0 Å². The van der Waals surface area contributed by atoms with E-state index in [1.807, 2.05) is 42.6 Å². The van der Waals surface area contributed by atoms with Crippen molar-refractivity contribution < 1.29 is 0 Å². The summed E-state index contributed by atoms with van der Waals surface area (Å²) in [7, 11) is 0. The van der Waals surface area contributed by atoms with E-state index in [0.29, 0.717) is 0 Å². The number of benzene rings is 2. The maximum atomic E-state index is 4.20. The summed E-state index contributed by atoms with van der Waals surface area (Å²) in [5.74, 6) is 0. The number of halogens is 1. The molecule has 1 N–H and O–H groups in total. The summed E-state index contributed by atoms with van der Waals surface area (Å²) in [6, 6.07) is 16.1. The quantitative estimate of drug-likeness (QED) is 0.664. The van der Waals surface area contributed by atoms with E-state index in [1.165, 1.54) is 5.56 Å². The van der Waals surface area contributed by atoms with Crippen LogP contribution in [0.25, 0.3) is 0 Å². The first-order valence-corrected chi connectivity index (χ1v) is 6.15. The minimum Gasteiger partial charge on any atom is -0.279 e. The fourth-order valence-corrected chi connectivity index (χ4v) is 2.16. The molecule has 0 fully saturated rings. The molecule has 0 aromatic heterocycles. The Kier molecular flexibility index (Phi) is 3.94. The number of nitrogens with zero attached hydrogens (tertiary/aromatic N) is 1. The number of aryl methyl sites for hydroxylation is 1. The van der Waals surface area contributed by atoms with E-state index in [-0.39, 0.29) is 0 Å². The highest BCUT2D eigenvalue weighted by Crippen LogP contribution is 2.14. The van der Waals surface area contributed by atoms with Crippen molar-refractivity contribution in [3.05, 3.63) is 64.1 Å². The van der Waals surface area contributed by atoms with Crippen LogP contribution in [0.15, 0.2) is 58.1 Å². The number of nitrogens with one attached hydrogen (secondary N) is 1. The van der Waals surface area contributed by atoms with Crippen LogP contribution >= 0.6 is 15.9 Å². The molecule has 2 nitrogen and oxygen atoms in total. The third-order valence-electron chi connectivity index (χ3n) is 2.25. The van der Waals surface area contributed by atoms with Gasteiger partial charge in [-0.2, -0.15) is 5.10 Å². The molecular formula is C14H13BrN2. The second-order valence-electron chi connectivity index (χ2n) is 3.80. The molecule has 0 saturated heterocycles. The highest BCUT2D eigenvalue weighted by molar-refractivity contribution is 9.10. The van der Waals surface area contributed by atoms with Crippen LogP contribution in [0.3, 0.4) is 0 Å². The fraction of sp³-hybridized carbons (Fsp3) is 0.0714. The van der Waals surface area contributed by atoms with Crippen LogP contribution in [0.5, 0.6) is 0 Å². The molecule has 0 amide bonds. The van der Waals surface area contributed by atoms with Crippen molar-refractivity contribution in [3.63, 3.8) is 0 Å². The minimum atomic E-state index is 0.982. The van der Waals surface area contributed by atoms with Crippen molar-refractivity contribution >= 4 is 27.8 Å². The van der Waals surface area contributed by atoms with Crippen LogP contribution in [-0.2, 0) is 0 Å². The zero-order chi connectivity index (χ0) is 12.1. The molecule has 0 saturated carbocycles. The fourth-order valence-electron chi connectivity index (χ4n) is 1.53. The van der Waals surface area contributed by atoms with Gasteiger partial charge in [0.05, 0.1) is 11.9 Å². The van der Waals surface area contributed by atoms with Crippen molar-refractivity contribution in [2.75, 3.05) is 5.43 Å². The first-order chi connectivity index (χ1) is 8.24. The Bertz CT molecular complexity index is 501. The molecular weight excluding hydrogens is 276 g/mol. The lowest BCUT2D eigenvalue weighted by Crippen LogP contribution is -1.90. The molecule has 2 rings (SSSR count). The zero-order valence-electron chi connectivity index (χ0n) is 9.52. The largest absolute Gasteiger partial charge is 0.279 e. The lowest BCUT2D eigenvalue weighted by molar-refractivity contribution is 1.34. The zero-order valence-corrected chi connectivity index (χ0v) is 11.1. The predicted molar refractivity (Wildman–Crippen MR) is 76.5 cm³/mol. The van der Waals surface area contributed by atoms with Gasteiger partial charge in [-0.1, -0.05) is 40.2 Å². The summed E-state index contributed by atoms with van der Waals surface area (Å²) in [5.41, 5.74) is 6.25. The Morgan fingerprint density at radius 1 is 1.12 bits per heavy atom. The van der Waals surface area contributed by atoms with Gasteiger partial charge in [0.1, 0.15) is 0 Å². The maximum Gasteiger partial charge on any atom is 0.0561 e. The molecule has 0 atom stereocenters. The number of hydrogen-bond acceptors (Lipinski definition) is 2. The molecule has 0 radical (unpaired) electrons. The lowest BCUT2D eigenvalue weighted by atomic mass is 10.2. The van der Waals surface area contributed by atoms with Crippen LogP contribution in [0, 0.1) is 6.92 Å². The number of hydrazone groups is 1. The van der Waals surface area contributed by atoms with Crippen LogP contribution in [0.4, 0.5) is 5.69 Å². The third-order valence-corrected chi connectivity index (χ3v) is 2.70. The van der Waals surface area contributed by atoms with Crippen molar-refractivity contribution in [1.82, 2.24) is 0 Å². The van der Waals surface area contributed by atoms with Gasteiger partial charge >= 0.3 is 0 Å². The van der Waals surface area contributed by atoms with E-state index < -0.39 is 0 Å². The normalized spacial score (nSPS) is 10.7. The molecule has 2 aromatic carbocycles. The van der Waals surface area contributed by atoms with E-state index in [0.717, 1.165) is 15.7 Å². The maximum absolute atomic E-state index is 4.20. The van der Waals surface area contributed by atoms with Gasteiger partial charge in [0.2, 0.25) is 0 Å². The average Bonchev–Trinajstić information content (AvgIpc) is 2.29. The Labute approximate surface area is 110 Å². The topological polar surface area (TPSA) is 24.4 Å². The van der Waals surface area contributed by atoms with Crippen LogP contribution in [-0.4, -0.2) is 6.21 Å². The molecule has 86 valence electrons. The summed E-state index contributed by atoms with van der Waals surface area (Å²) in [6.07, 6.45) is 1.81. The Morgan fingerprint density at radius 3 is 2.59 bits per heavy atom. The molecule has 0 spiro atoms. The number of anilines is 1. The van der Waals surface area contributed by atoms with Crippen LogP contribution < -0.4 is 5.43 Å². The summed E-state index contributed by atoms with van der Waals surface area (Å²) in [5, 5.41) is 4.20. The number of hydrogen-bond donors (Lipinski definition) is 1. The van der Waals surface area contributed by atoms with Gasteiger partial charge in [0, 0.05) is 4.47 Å². The molecule has 0 heterocycles. The molecule has 0 unspecified atom stereocenters. The Hall–Kier alpha value is -1.61. The lowest BCUT2D eigenvalue weighted by Gasteiger charge is -2.00. The third kappa shape index (κ3) is 3.71. The smallest absolute Gasteiger partial charge is 0.0561 e. The molecule has 0 aliphatic heterocycles. The first kappa shape index (κ1) is 11.9. The van der Waals surface area contributed by atoms with Crippen molar-refractivity contribution in [3.8, 4) is 0 Å². The van der Waals surface area contributed by atoms with E-state index in [1.54, 1.807) is 0 Å². The van der Waals surface area contributed by atoms with Crippen molar-refractivity contribution in [1.29, 1.82) is 0 Å². The number of para-hydroxylation sites is 1. The van der Waals surface area contributed by atoms with Gasteiger partial charge in [-0.05, 0) is 42.3 Å². The minimum absolute atomic E-state index is 0.982. The van der Waals surface area contributed by atoms with E-state index >= 15 is 0 Å². The average molecular weight is 289 g/mol. The predicted octanol–water partition coefficient (Wildman–Crippen LogP) is 4.20. The van der Waals surface area contributed by atoms with Gasteiger partial charge in [0.15, 0.2) is 0 Å². The molecule has 0 bridgehead atoms.